The average Bonchev–Trinajstić information content (AvgIpc) is 2.33. The van der Waals surface area contributed by atoms with E-state index < -0.39 is 35.0 Å². The van der Waals surface area contributed by atoms with Gasteiger partial charge in [-0.3, -0.25) is 0 Å². The second-order valence-corrected chi connectivity index (χ2v) is 5.81. The summed E-state index contributed by atoms with van der Waals surface area (Å²) in [5.41, 5.74) is 5.73. The van der Waals surface area contributed by atoms with Crippen LogP contribution in [0.5, 0.6) is 11.5 Å². The summed E-state index contributed by atoms with van der Waals surface area (Å²) >= 11 is 0. The lowest BCUT2D eigenvalue weighted by atomic mass is 10.1. The highest BCUT2D eigenvalue weighted by Crippen LogP contribution is 2.30. The van der Waals surface area contributed by atoms with Crippen LogP contribution in [-0.4, -0.2) is 34.1 Å². The van der Waals surface area contributed by atoms with E-state index in [4.69, 9.17) is 23.4 Å². The van der Waals surface area contributed by atoms with E-state index in [1.807, 2.05) is 0 Å². The molecule has 0 heterocycles. The molecule has 2 N–H and O–H groups in total. The van der Waals surface area contributed by atoms with Crippen LogP contribution in [0.3, 0.4) is 0 Å². The van der Waals surface area contributed by atoms with E-state index in [1.165, 1.54) is 19.2 Å². The Morgan fingerprint density at radius 3 is 2.83 bits per heavy atom. The van der Waals surface area contributed by atoms with E-state index in [0.717, 1.165) is 12.3 Å². The van der Waals surface area contributed by atoms with Gasteiger partial charge < -0.3 is 15.2 Å². The number of hydrogen-bond donors (Lipinski definition) is 1. The number of benzene rings is 1. The van der Waals surface area contributed by atoms with Gasteiger partial charge in [0.05, 0.1) is 23.5 Å². The summed E-state index contributed by atoms with van der Waals surface area (Å²) in [6, 6.07) is 1.69. The zero-order chi connectivity index (χ0) is 19.0. The van der Waals surface area contributed by atoms with Gasteiger partial charge in [0, 0.05) is 16.4 Å². The molecule has 0 aliphatic rings. The Bertz CT molecular complexity index is 702. The molecule has 0 radical (unpaired) electrons. The lowest BCUT2D eigenvalue weighted by Crippen LogP contribution is -2.20. The SMILES string of the molecule is [2H]C([2H])([2H])C([2H])([2H])Oc1cc([C@]([2H])(N)CS(C)(=O)=O)ccc1OC. The van der Waals surface area contributed by atoms with Crippen LogP contribution in [0.1, 0.15) is 26.7 Å². The summed E-state index contributed by atoms with van der Waals surface area (Å²) < 4.78 is 77.2. The fourth-order valence-electron chi connectivity index (χ4n) is 1.38. The first-order valence-electron chi connectivity index (χ1n) is 7.93. The van der Waals surface area contributed by atoms with Crippen molar-refractivity contribution >= 4 is 9.84 Å². The molecule has 0 spiro atoms. The largest absolute Gasteiger partial charge is 0.493 e. The monoisotopic (exact) mass is 279 g/mol. The Balaban J connectivity index is 3.32. The smallest absolute Gasteiger partial charge is 0.161 e. The minimum atomic E-state index is -3.57. The Kier molecular flexibility index (Phi) is 2.70. The van der Waals surface area contributed by atoms with Crippen molar-refractivity contribution in [2.24, 2.45) is 5.73 Å². The predicted molar refractivity (Wildman–Crippen MR) is 70.8 cm³/mol. The number of nitrogens with two attached hydrogens (primary N) is 1. The van der Waals surface area contributed by atoms with Gasteiger partial charge in [-0.25, -0.2) is 8.42 Å². The van der Waals surface area contributed by atoms with E-state index in [-0.39, 0.29) is 17.1 Å². The Labute approximate surface area is 116 Å². The molecule has 1 atom stereocenters. The van der Waals surface area contributed by atoms with Crippen LogP contribution in [0.2, 0.25) is 0 Å². The second-order valence-electron chi connectivity index (χ2n) is 3.67. The van der Waals surface area contributed by atoms with Crippen molar-refractivity contribution in [1.29, 1.82) is 0 Å². The van der Waals surface area contributed by atoms with Crippen LogP contribution in [0, 0.1) is 0 Å². The molecule has 1 aromatic carbocycles. The van der Waals surface area contributed by atoms with Crippen molar-refractivity contribution < 1.29 is 26.1 Å². The molecule has 0 bridgehead atoms. The predicted octanol–water partition coefficient (Wildman–Crippen LogP) is 1.14. The van der Waals surface area contributed by atoms with Crippen molar-refractivity contribution in [3.8, 4) is 11.5 Å². The Morgan fingerprint density at radius 1 is 1.56 bits per heavy atom. The van der Waals surface area contributed by atoms with Crippen molar-refractivity contribution in [2.45, 2.75) is 12.9 Å². The summed E-state index contributed by atoms with van der Waals surface area (Å²) in [5.74, 6) is -0.966. The summed E-state index contributed by atoms with van der Waals surface area (Å²) in [5, 5.41) is 0. The van der Waals surface area contributed by atoms with E-state index >= 15 is 0 Å². The van der Waals surface area contributed by atoms with Crippen LogP contribution >= 0.6 is 0 Å². The van der Waals surface area contributed by atoms with Gasteiger partial charge in [0.1, 0.15) is 9.84 Å². The third-order valence-corrected chi connectivity index (χ3v) is 2.95. The Morgan fingerprint density at radius 2 is 2.28 bits per heavy atom. The van der Waals surface area contributed by atoms with Gasteiger partial charge in [-0.15, -0.1) is 0 Å². The molecule has 0 saturated heterocycles. The van der Waals surface area contributed by atoms with Gasteiger partial charge in [0.2, 0.25) is 0 Å². The molecule has 1 rings (SSSR count). The molecule has 0 saturated carbocycles. The lowest BCUT2D eigenvalue weighted by Gasteiger charge is -2.15. The fraction of sp³-hybridized carbons (Fsp3) is 0.500. The summed E-state index contributed by atoms with van der Waals surface area (Å²) in [6.07, 6.45) is 0.928. The standard InChI is InChI=1S/C12H19NO4S/c1-4-17-12-7-9(5-6-11(12)16-2)10(13)8-18(3,14)15/h5-7,10H,4,8,13H2,1-3H3/t10-/m1/s1/i1D3,4D2,10D. The van der Waals surface area contributed by atoms with E-state index in [9.17, 15) is 8.42 Å². The van der Waals surface area contributed by atoms with Gasteiger partial charge >= 0.3 is 0 Å². The Hall–Kier alpha value is -1.27. The van der Waals surface area contributed by atoms with Crippen LogP contribution in [-0.2, 0) is 9.84 Å². The number of rotatable bonds is 6. The zero-order valence-corrected chi connectivity index (χ0v) is 10.9. The molecule has 6 heteroatoms. The van der Waals surface area contributed by atoms with Crippen LogP contribution in [0.15, 0.2) is 18.2 Å². The maximum atomic E-state index is 11.4. The molecule has 1 aromatic rings. The van der Waals surface area contributed by atoms with E-state index in [1.54, 1.807) is 0 Å². The first kappa shape index (κ1) is 8.01. The van der Waals surface area contributed by atoms with Gasteiger partial charge in [0.15, 0.2) is 11.5 Å². The third-order valence-electron chi connectivity index (χ3n) is 2.11. The zero-order valence-electron chi connectivity index (χ0n) is 16.1. The van der Waals surface area contributed by atoms with Gasteiger partial charge in [-0.1, -0.05) is 6.07 Å². The van der Waals surface area contributed by atoms with Gasteiger partial charge in [0.25, 0.3) is 0 Å². The summed E-state index contributed by atoms with van der Waals surface area (Å²) in [7, 11) is -2.30. The van der Waals surface area contributed by atoms with Crippen molar-refractivity contribution in [2.75, 3.05) is 25.7 Å². The number of sulfone groups is 1. The molecule has 0 unspecified atom stereocenters. The van der Waals surface area contributed by atoms with Gasteiger partial charge in [-0.05, 0) is 24.5 Å². The molecule has 0 amide bonds. The van der Waals surface area contributed by atoms with Crippen LogP contribution in [0.4, 0.5) is 0 Å². The van der Waals surface area contributed by atoms with Crippen LogP contribution in [0.25, 0.3) is 0 Å². The van der Waals surface area contributed by atoms with Crippen molar-refractivity contribution in [3.63, 3.8) is 0 Å². The third kappa shape index (κ3) is 4.19. The maximum Gasteiger partial charge on any atom is 0.161 e. The van der Waals surface area contributed by atoms with Gasteiger partial charge in [-0.2, -0.15) is 0 Å². The van der Waals surface area contributed by atoms with E-state index in [0.29, 0.717) is 0 Å². The minimum Gasteiger partial charge on any atom is -0.493 e. The van der Waals surface area contributed by atoms with Crippen LogP contribution < -0.4 is 15.2 Å². The molecule has 102 valence electrons. The molecular formula is C12H19NO4S. The molecule has 5 nitrogen and oxygen atoms in total. The quantitative estimate of drug-likeness (QED) is 0.844. The minimum absolute atomic E-state index is 0.00469. The number of hydrogen-bond acceptors (Lipinski definition) is 5. The highest BCUT2D eigenvalue weighted by molar-refractivity contribution is 7.90. The molecule has 0 aliphatic carbocycles. The summed E-state index contributed by atoms with van der Waals surface area (Å²) in [6.45, 7) is -6.09. The molecule has 18 heavy (non-hydrogen) atoms. The number of ether oxygens (including phenoxy) is 2. The maximum absolute atomic E-state index is 11.4. The second kappa shape index (κ2) is 6.06. The molecular weight excluding hydrogens is 254 g/mol. The fourth-order valence-corrected chi connectivity index (χ4v) is 2.11. The lowest BCUT2D eigenvalue weighted by molar-refractivity contribution is 0.310. The normalized spacial score (nSPS) is 21.3. The first-order valence-corrected chi connectivity index (χ1v) is 6.99. The molecule has 0 aromatic heterocycles. The first-order chi connectivity index (χ1) is 10.6. The molecule has 0 aliphatic heterocycles. The number of methoxy groups -OCH3 is 1. The average molecular weight is 279 g/mol. The molecule has 0 fully saturated rings. The van der Waals surface area contributed by atoms with Crippen molar-refractivity contribution in [1.82, 2.24) is 0 Å². The van der Waals surface area contributed by atoms with E-state index in [2.05, 4.69) is 0 Å². The van der Waals surface area contributed by atoms with Crippen molar-refractivity contribution in [3.05, 3.63) is 23.8 Å². The highest BCUT2D eigenvalue weighted by atomic mass is 32.2. The summed E-state index contributed by atoms with van der Waals surface area (Å²) in [4.78, 5) is 0. The highest BCUT2D eigenvalue weighted by Gasteiger charge is 2.15. The topological polar surface area (TPSA) is 78.6 Å².